The zero-order chi connectivity index (χ0) is 20.4. The SMILES string of the molecule is C=CCN(C)CCCCCCOc1ccc(C(=O)c2ccc(Br)cc2)cc1Br. The van der Waals surface area contributed by atoms with E-state index in [1.165, 1.54) is 12.8 Å². The number of likely N-dealkylation sites (N-methyl/N-ethyl adjacent to an activating group) is 1. The van der Waals surface area contributed by atoms with Gasteiger partial charge in [0.25, 0.3) is 0 Å². The van der Waals surface area contributed by atoms with Crippen LogP contribution in [0.5, 0.6) is 5.75 Å². The Balaban J connectivity index is 1.76. The summed E-state index contributed by atoms with van der Waals surface area (Å²) in [7, 11) is 2.12. The van der Waals surface area contributed by atoms with Gasteiger partial charge in [-0.2, -0.15) is 0 Å². The second-order valence-corrected chi connectivity index (χ2v) is 8.56. The molecule has 0 heterocycles. The molecular weight excluding hydrogens is 482 g/mol. The van der Waals surface area contributed by atoms with Crippen LogP contribution in [0.4, 0.5) is 0 Å². The minimum absolute atomic E-state index is 0.00109. The molecule has 0 unspecified atom stereocenters. The number of ketones is 1. The third-order valence-electron chi connectivity index (χ3n) is 4.43. The van der Waals surface area contributed by atoms with Crippen molar-refractivity contribution in [1.29, 1.82) is 0 Å². The maximum atomic E-state index is 12.6. The fourth-order valence-corrected chi connectivity index (χ4v) is 3.62. The third-order valence-corrected chi connectivity index (χ3v) is 5.58. The van der Waals surface area contributed by atoms with E-state index in [-0.39, 0.29) is 5.78 Å². The zero-order valence-electron chi connectivity index (χ0n) is 16.3. The van der Waals surface area contributed by atoms with Crippen molar-refractivity contribution in [2.45, 2.75) is 25.7 Å². The van der Waals surface area contributed by atoms with Crippen LogP contribution in [0.3, 0.4) is 0 Å². The number of carbonyl (C=O) groups excluding carboxylic acids is 1. The maximum absolute atomic E-state index is 12.6. The standard InChI is InChI=1S/C23H27Br2NO2/c1-3-14-26(2)15-6-4-5-7-16-28-22-13-10-19(17-21(22)25)23(27)18-8-11-20(24)12-9-18/h3,8-13,17H,1,4-7,14-16H2,2H3. The lowest BCUT2D eigenvalue weighted by molar-refractivity contribution is 0.103. The summed E-state index contributed by atoms with van der Waals surface area (Å²) in [4.78, 5) is 14.9. The van der Waals surface area contributed by atoms with Crippen molar-refractivity contribution in [2.24, 2.45) is 0 Å². The summed E-state index contributed by atoms with van der Waals surface area (Å²) in [6.45, 7) is 6.48. The number of halogens is 2. The number of hydrogen-bond donors (Lipinski definition) is 0. The van der Waals surface area contributed by atoms with E-state index < -0.39 is 0 Å². The van der Waals surface area contributed by atoms with Gasteiger partial charge in [0, 0.05) is 22.1 Å². The van der Waals surface area contributed by atoms with Gasteiger partial charge in [-0.3, -0.25) is 4.79 Å². The van der Waals surface area contributed by atoms with Gasteiger partial charge in [0.1, 0.15) is 5.75 Å². The van der Waals surface area contributed by atoms with Gasteiger partial charge in [-0.25, -0.2) is 0 Å². The summed E-state index contributed by atoms with van der Waals surface area (Å²) in [5, 5.41) is 0. The Kier molecular flexibility index (Phi) is 9.96. The Labute approximate surface area is 185 Å². The molecule has 0 aliphatic heterocycles. The smallest absolute Gasteiger partial charge is 0.193 e. The molecule has 0 radical (unpaired) electrons. The first-order valence-electron chi connectivity index (χ1n) is 9.53. The van der Waals surface area contributed by atoms with Crippen LogP contribution in [0.15, 0.2) is 64.1 Å². The molecule has 0 aromatic heterocycles. The number of nitrogens with zero attached hydrogens (tertiary/aromatic N) is 1. The first-order chi connectivity index (χ1) is 13.5. The molecule has 150 valence electrons. The number of benzene rings is 2. The molecule has 0 amide bonds. The van der Waals surface area contributed by atoms with Gasteiger partial charge in [-0.15, -0.1) is 6.58 Å². The first-order valence-corrected chi connectivity index (χ1v) is 11.1. The highest BCUT2D eigenvalue weighted by molar-refractivity contribution is 9.10. The molecule has 0 N–H and O–H groups in total. The van der Waals surface area contributed by atoms with Gasteiger partial charge in [0.05, 0.1) is 11.1 Å². The molecule has 0 atom stereocenters. The summed E-state index contributed by atoms with van der Waals surface area (Å²) in [6.07, 6.45) is 6.51. The van der Waals surface area contributed by atoms with Gasteiger partial charge in [0.2, 0.25) is 0 Å². The summed E-state index contributed by atoms with van der Waals surface area (Å²) in [5.41, 5.74) is 1.31. The molecule has 2 rings (SSSR count). The molecule has 3 nitrogen and oxygen atoms in total. The number of carbonyl (C=O) groups is 1. The van der Waals surface area contributed by atoms with Crippen LogP contribution in [0.2, 0.25) is 0 Å². The van der Waals surface area contributed by atoms with Crippen LogP contribution in [-0.2, 0) is 0 Å². The molecule has 0 aliphatic rings. The summed E-state index contributed by atoms with van der Waals surface area (Å²) in [5.74, 6) is 0.777. The van der Waals surface area contributed by atoms with Crippen LogP contribution in [0.1, 0.15) is 41.6 Å². The highest BCUT2D eigenvalue weighted by atomic mass is 79.9. The summed E-state index contributed by atoms with van der Waals surface area (Å²) in [6, 6.07) is 12.9. The van der Waals surface area contributed by atoms with E-state index in [1.807, 2.05) is 48.5 Å². The predicted octanol–water partition coefficient (Wildman–Crippen LogP) is 6.50. The van der Waals surface area contributed by atoms with Crippen molar-refractivity contribution in [3.05, 3.63) is 75.2 Å². The summed E-state index contributed by atoms with van der Waals surface area (Å²) < 4.78 is 7.63. The fourth-order valence-electron chi connectivity index (χ4n) is 2.86. The molecule has 0 saturated heterocycles. The van der Waals surface area contributed by atoms with Crippen molar-refractivity contribution in [1.82, 2.24) is 4.90 Å². The first kappa shape index (κ1) is 22.9. The minimum Gasteiger partial charge on any atom is -0.492 e. The molecule has 2 aromatic carbocycles. The Morgan fingerprint density at radius 1 is 1.04 bits per heavy atom. The average Bonchev–Trinajstić information content (AvgIpc) is 2.68. The maximum Gasteiger partial charge on any atom is 0.193 e. The molecule has 0 bridgehead atoms. The Bertz CT molecular complexity index is 775. The second-order valence-electron chi connectivity index (χ2n) is 6.79. The topological polar surface area (TPSA) is 29.5 Å². The zero-order valence-corrected chi connectivity index (χ0v) is 19.5. The lowest BCUT2D eigenvalue weighted by Crippen LogP contribution is -2.19. The highest BCUT2D eigenvalue weighted by Crippen LogP contribution is 2.27. The third kappa shape index (κ3) is 7.53. The van der Waals surface area contributed by atoms with Gasteiger partial charge in [-0.1, -0.05) is 34.8 Å². The van der Waals surface area contributed by atoms with E-state index in [1.54, 1.807) is 0 Å². The Morgan fingerprint density at radius 2 is 1.71 bits per heavy atom. The van der Waals surface area contributed by atoms with Crippen LogP contribution >= 0.6 is 31.9 Å². The fraction of sp³-hybridized carbons (Fsp3) is 0.348. The Hall–Kier alpha value is -1.43. The van der Waals surface area contributed by atoms with Crippen molar-refractivity contribution in [2.75, 3.05) is 26.7 Å². The molecule has 0 saturated carbocycles. The molecule has 0 aliphatic carbocycles. The Morgan fingerprint density at radius 3 is 2.39 bits per heavy atom. The number of unbranched alkanes of at least 4 members (excludes halogenated alkanes) is 3. The molecule has 28 heavy (non-hydrogen) atoms. The van der Waals surface area contributed by atoms with E-state index in [9.17, 15) is 4.79 Å². The van der Waals surface area contributed by atoms with E-state index in [0.717, 1.165) is 40.6 Å². The van der Waals surface area contributed by atoms with E-state index >= 15 is 0 Å². The number of rotatable bonds is 12. The quantitative estimate of drug-likeness (QED) is 0.186. The van der Waals surface area contributed by atoms with E-state index in [4.69, 9.17) is 4.74 Å². The molecule has 0 fully saturated rings. The minimum atomic E-state index is 0.00109. The second kappa shape index (κ2) is 12.2. The number of ether oxygens (including phenoxy) is 1. The van der Waals surface area contributed by atoms with Crippen molar-refractivity contribution in [3.63, 3.8) is 0 Å². The summed E-state index contributed by atoms with van der Waals surface area (Å²) >= 11 is 6.91. The normalized spacial score (nSPS) is 10.9. The van der Waals surface area contributed by atoms with Gasteiger partial charge in [-0.05, 0) is 84.8 Å². The lowest BCUT2D eigenvalue weighted by atomic mass is 10.0. The van der Waals surface area contributed by atoms with Crippen molar-refractivity contribution >= 4 is 37.6 Å². The predicted molar refractivity (Wildman–Crippen MR) is 123 cm³/mol. The van der Waals surface area contributed by atoms with Gasteiger partial charge in [0.15, 0.2) is 5.78 Å². The lowest BCUT2D eigenvalue weighted by Gasteiger charge is -2.13. The van der Waals surface area contributed by atoms with Gasteiger partial charge < -0.3 is 9.64 Å². The molecule has 2 aromatic rings. The van der Waals surface area contributed by atoms with Crippen LogP contribution in [0, 0.1) is 0 Å². The molecular formula is C23H27Br2NO2. The largest absolute Gasteiger partial charge is 0.492 e. The van der Waals surface area contributed by atoms with Crippen molar-refractivity contribution < 1.29 is 9.53 Å². The van der Waals surface area contributed by atoms with Gasteiger partial charge >= 0.3 is 0 Å². The molecule has 0 spiro atoms. The number of hydrogen-bond acceptors (Lipinski definition) is 3. The monoisotopic (exact) mass is 507 g/mol. The van der Waals surface area contributed by atoms with Crippen LogP contribution < -0.4 is 4.74 Å². The molecule has 5 heteroatoms. The van der Waals surface area contributed by atoms with Crippen molar-refractivity contribution in [3.8, 4) is 5.75 Å². The average molecular weight is 509 g/mol. The van der Waals surface area contributed by atoms with Crippen LogP contribution in [0.25, 0.3) is 0 Å². The van der Waals surface area contributed by atoms with Crippen LogP contribution in [-0.4, -0.2) is 37.4 Å². The highest BCUT2D eigenvalue weighted by Gasteiger charge is 2.11. The van der Waals surface area contributed by atoms with E-state index in [0.29, 0.717) is 17.7 Å². The van der Waals surface area contributed by atoms with E-state index in [2.05, 4.69) is 50.4 Å².